The van der Waals surface area contributed by atoms with Crippen LogP contribution in [0.5, 0.6) is 0 Å². The average Bonchev–Trinajstić information content (AvgIpc) is 2.76. The molecule has 1 aliphatic heterocycles. The highest BCUT2D eigenvalue weighted by Crippen LogP contribution is 2.30. The minimum Gasteiger partial charge on any atom is -0.454 e. The first kappa shape index (κ1) is 21.9. The van der Waals surface area contributed by atoms with E-state index in [4.69, 9.17) is 4.74 Å². The Morgan fingerprint density at radius 1 is 1.13 bits per heavy atom. The maximum Gasteiger partial charge on any atom is 0.325 e. The highest BCUT2D eigenvalue weighted by molar-refractivity contribution is 5.98. The molecule has 162 valence electrons. The van der Waals surface area contributed by atoms with Gasteiger partial charge in [0.2, 0.25) is 0 Å². The fraction of sp³-hybridized carbons (Fsp3) is 0.318. The molecule has 1 N–H and O–H groups in total. The number of nitro benzene ring substituents is 1. The smallest absolute Gasteiger partial charge is 0.325 e. The molecule has 9 heteroatoms. The molecule has 0 saturated heterocycles. The van der Waals surface area contributed by atoms with E-state index in [0.29, 0.717) is 36.2 Å². The molecule has 0 spiro atoms. The molecule has 0 bridgehead atoms. The lowest BCUT2D eigenvalue weighted by molar-refractivity contribution is -0.384. The van der Waals surface area contributed by atoms with Crippen LogP contribution in [0.2, 0.25) is 0 Å². The molecule has 0 fully saturated rings. The zero-order valence-corrected chi connectivity index (χ0v) is 17.3. The van der Waals surface area contributed by atoms with Gasteiger partial charge in [0.05, 0.1) is 4.92 Å². The number of fused-ring (bicyclic) bond motifs is 1. The first-order valence-corrected chi connectivity index (χ1v) is 9.85. The maximum atomic E-state index is 12.5. The largest absolute Gasteiger partial charge is 0.454 e. The lowest BCUT2D eigenvalue weighted by Crippen LogP contribution is -2.39. The van der Waals surface area contributed by atoms with Gasteiger partial charge in [0.1, 0.15) is 6.54 Å². The highest BCUT2D eigenvalue weighted by Gasteiger charge is 2.25. The predicted molar refractivity (Wildman–Crippen MR) is 113 cm³/mol. The van der Waals surface area contributed by atoms with E-state index in [1.807, 2.05) is 19.9 Å². The molecule has 3 rings (SSSR count). The number of hydrogen-bond acceptors (Lipinski definition) is 6. The summed E-state index contributed by atoms with van der Waals surface area (Å²) in [5, 5.41) is 13.4. The zero-order chi connectivity index (χ0) is 22.5. The number of anilines is 1. The van der Waals surface area contributed by atoms with Crippen molar-refractivity contribution in [2.45, 2.75) is 26.7 Å². The molecular weight excluding hydrogens is 402 g/mol. The quantitative estimate of drug-likeness (QED) is 0.431. The summed E-state index contributed by atoms with van der Waals surface area (Å²) < 4.78 is 5.01. The first-order chi connectivity index (χ1) is 14.8. The maximum absolute atomic E-state index is 12.5. The number of nitro groups is 1. The van der Waals surface area contributed by atoms with Crippen LogP contribution in [0.1, 0.15) is 33.5 Å². The minimum absolute atomic E-state index is 0.0287. The Morgan fingerprint density at radius 3 is 2.61 bits per heavy atom. The minimum atomic E-state index is -0.730. The molecular formula is C22H23N3O6. The fourth-order valence-electron chi connectivity index (χ4n) is 3.36. The van der Waals surface area contributed by atoms with Crippen LogP contribution in [0.25, 0.3) is 0 Å². The number of nitrogens with one attached hydrogen (secondary N) is 1. The van der Waals surface area contributed by atoms with Gasteiger partial charge in [-0.25, -0.2) is 0 Å². The Balaban J connectivity index is 1.53. The number of carbonyl (C=O) groups is 3. The molecule has 2 aromatic carbocycles. The van der Waals surface area contributed by atoms with Crippen LogP contribution in [-0.2, 0) is 20.7 Å². The van der Waals surface area contributed by atoms with Crippen molar-refractivity contribution in [2.24, 2.45) is 0 Å². The fourth-order valence-corrected chi connectivity index (χ4v) is 3.36. The van der Waals surface area contributed by atoms with Gasteiger partial charge < -0.3 is 15.0 Å². The number of non-ortho nitro benzene ring substituents is 1. The standard InChI is InChI=1S/C22H23N3O6/c1-14-5-6-17(10-15(14)2)22(28)23-12-21(27)31-13-20(26)24-9-3-4-16-11-18(25(29)30)7-8-19(16)24/h5-8,10-11H,3-4,9,12-13H2,1-2H3,(H,23,28). The van der Waals surface area contributed by atoms with Gasteiger partial charge in [0.25, 0.3) is 17.5 Å². The summed E-state index contributed by atoms with van der Waals surface area (Å²) in [7, 11) is 0. The van der Waals surface area contributed by atoms with Crippen molar-refractivity contribution in [1.82, 2.24) is 5.32 Å². The third kappa shape index (κ3) is 5.25. The Labute approximate surface area is 179 Å². The molecule has 2 amide bonds. The van der Waals surface area contributed by atoms with E-state index >= 15 is 0 Å². The second kappa shape index (κ2) is 9.38. The summed E-state index contributed by atoms with van der Waals surface area (Å²) in [5.41, 5.74) is 3.73. The lowest BCUT2D eigenvalue weighted by atomic mass is 10.0. The predicted octanol–water partition coefficient (Wildman–Crippen LogP) is 2.46. The third-order valence-electron chi connectivity index (χ3n) is 5.21. The van der Waals surface area contributed by atoms with Crippen molar-refractivity contribution in [2.75, 3.05) is 24.6 Å². The second-order valence-corrected chi connectivity index (χ2v) is 7.36. The van der Waals surface area contributed by atoms with Crippen molar-refractivity contribution in [3.8, 4) is 0 Å². The van der Waals surface area contributed by atoms with E-state index in [1.54, 1.807) is 12.1 Å². The summed E-state index contributed by atoms with van der Waals surface area (Å²) in [6, 6.07) is 9.58. The molecule has 0 atom stereocenters. The van der Waals surface area contributed by atoms with Crippen molar-refractivity contribution in [3.63, 3.8) is 0 Å². The molecule has 9 nitrogen and oxygen atoms in total. The van der Waals surface area contributed by atoms with Crippen LogP contribution >= 0.6 is 0 Å². The van der Waals surface area contributed by atoms with Gasteiger partial charge in [-0.3, -0.25) is 24.5 Å². The number of hydrogen-bond donors (Lipinski definition) is 1. The Morgan fingerprint density at radius 2 is 1.90 bits per heavy atom. The summed E-state index contributed by atoms with van der Waals surface area (Å²) in [4.78, 5) is 48.6. The third-order valence-corrected chi connectivity index (χ3v) is 5.21. The Bertz CT molecular complexity index is 1050. The molecule has 31 heavy (non-hydrogen) atoms. The zero-order valence-electron chi connectivity index (χ0n) is 17.3. The number of amides is 2. The van der Waals surface area contributed by atoms with Gasteiger partial charge >= 0.3 is 5.97 Å². The van der Waals surface area contributed by atoms with Gasteiger partial charge in [0.15, 0.2) is 6.61 Å². The Kier molecular flexibility index (Phi) is 6.64. The average molecular weight is 425 g/mol. The molecule has 2 aromatic rings. The SMILES string of the molecule is Cc1ccc(C(=O)NCC(=O)OCC(=O)N2CCCc3cc([N+](=O)[O-])ccc32)cc1C. The molecule has 1 aliphatic rings. The van der Waals surface area contributed by atoms with Gasteiger partial charge in [-0.1, -0.05) is 6.07 Å². The second-order valence-electron chi connectivity index (χ2n) is 7.36. The summed E-state index contributed by atoms with van der Waals surface area (Å²) in [5.74, 6) is -1.56. The van der Waals surface area contributed by atoms with E-state index in [-0.39, 0.29) is 12.2 Å². The highest BCUT2D eigenvalue weighted by atomic mass is 16.6. The van der Waals surface area contributed by atoms with Crippen LogP contribution < -0.4 is 10.2 Å². The topological polar surface area (TPSA) is 119 Å². The van der Waals surface area contributed by atoms with Gasteiger partial charge in [-0.15, -0.1) is 0 Å². The molecule has 0 aliphatic carbocycles. The molecule has 0 saturated carbocycles. The molecule has 0 radical (unpaired) electrons. The number of rotatable bonds is 6. The van der Waals surface area contributed by atoms with E-state index < -0.39 is 29.3 Å². The number of carbonyl (C=O) groups excluding carboxylic acids is 3. The van der Waals surface area contributed by atoms with Crippen LogP contribution in [0.4, 0.5) is 11.4 Å². The normalized spacial score (nSPS) is 12.6. The number of esters is 1. The van der Waals surface area contributed by atoms with E-state index in [0.717, 1.165) is 11.1 Å². The first-order valence-electron chi connectivity index (χ1n) is 9.85. The van der Waals surface area contributed by atoms with Crippen molar-refractivity contribution in [1.29, 1.82) is 0 Å². The molecule has 0 unspecified atom stereocenters. The number of nitrogens with zero attached hydrogens (tertiary/aromatic N) is 2. The summed E-state index contributed by atoms with van der Waals surface area (Å²) in [6.07, 6.45) is 1.28. The van der Waals surface area contributed by atoms with Crippen LogP contribution in [0.3, 0.4) is 0 Å². The summed E-state index contributed by atoms with van der Waals surface area (Å²) in [6.45, 7) is 3.43. The van der Waals surface area contributed by atoms with Gasteiger partial charge in [-0.05, 0) is 61.6 Å². The van der Waals surface area contributed by atoms with Crippen molar-refractivity contribution >= 4 is 29.2 Å². The number of benzene rings is 2. The van der Waals surface area contributed by atoms with E-state index in [1.165, 1.54) is 23.1 Å². The van der Waals surface area contributed by atoms with Gasteiger partial charge in [0, 0.05) is 29.9 Å². The van der Waals surface area contributed by atoms with Crippen molar-refractivity contribution in [3.05, 3.63) is 68.8 Å². The van der Waals surface area contributed by atoms with Crippen LogP contribution in [0.15, 0.2) is 36.4 Å². The van der Waals surface area contributed by atoms with Crippen LogP contribution in [0, 0.1) is 24.0 Å². The van der Waals surface area contributed by atoms with E-state index in [9.17, 15) is 24.5 Å². The van der Waals surface area contributed by atoms with Gasteiger partial charge in [-0.2, -0.15) is 0 Å². The number of ether oxygens (including phenoxy) is 1. The summed E-state index contributed by atoms with van der Waals surface area (Å²) >= 11 is 0. The van der Waals surface area contributed by atoms with Crippen LogP contribution in [-0.4, -0.2) is 42.4 Å². The molecule has 0 aromatic heterocycles. The van der Waals surface area contributed by atoms with E-state index in [2.05, 4.69) is 5.32 Å². The molecule has 1 heterocycles. The lowest BCUT2D eigenvalue weighted by Gasteiger charge is -2.29. The monoisotopic (exact) mass is 425 g/mol. The number of aryl methyl sites for hydroxylation is 3. The Hall–Kier alpha value is -3.75. The van der Waals surface area contributed by atoms with Crippen molar-refractivity contribution < 1.29 is 24.0 Å².